The van der Waals surface area contributed by atoms with Crippen molar-refractivity contribution < 1.29 is 4.74 Å². The normalized spacial score (nSPS) is 45.3. The number of rotatable bonds is 6. The highest BCUT2D eigenvalue weighted by Gasteiger charge is 2.59. The first-order valence-electron chi connectivity index (χ1n) is 13.0. The standard InChI is InChI=1S/C28H48O/c1-19(2)8-7-9-20(3)24-12-13-25-23-11-10-21-18-22(29-6)14-16-27(21,4)26(23)15-17-28(24,25)5/h10,19-20,22-26H,7-9,11-18H2,1-6H3/t20-,22-,23+,24-,25+,26+,27-,28+/m0/s1. The summed E-state index contributed by atoms with van der Waals surface area (Å²) in [6.07, 6.45) is 18.7. The molecule has 1 heteroatoms. The highest BCUT2D eigenvalue weighted by molar-refractivity contribution is 5.25. The third kappa shape index (κ3) is 3.77. The molecule has 0 aromatic rings. The first-order chi connectivity index (χ1) is 13.8. The first kappa shape index (κ1) is 21.9. The van der Waals surface area contributed by atoms with Gasteiger partial charge >= 0.3 is 0 Å². The monoisotopic (exact) mass is 400 g/mol. The van der Waals surface area contributed by atoms with Gasteiger partial charge in [-0.25, -0.2) is 0 Å². The van der Waals surface area contributed by atoms with Crippen molar-refractivity contribution >= 4 is 0 Å². The molecule has 29 heavy (non-hydrogen) atoms. The van der Waals surface area contributed by atoms with Gasteiger partial charge in [-0.15, -0.1) is 0 Å². The molecule has 0 N–H and O–H groups in total. The molecule has 0 aromatic heterocycles. The molecule has 4 rings (SSSR count). The van der Waals surface area contributed by atoms with Gasteiger partial charge in [-0.2, -0.15) is 0 Å². The lowest BCUT2D eigenvalue weighted by molar-refractivity contribution is -0.0601. The Labute approximate surface area is 181 Å². The minimum Gasteiger partial charge on any atom is -0.381 e. The van der Waals surface area contributed by atoms with Gasteiger partial charge in [0.15, 0.2) is 0 Å². The highest BCUT2D eigenvalue weighted by atomic mass is 16.5. The lowest BCUT2D eigenvalue weighted by Crippen LogP contribution is -2.50. The minimum atomic E-state index is 0.472. The number of ether oxygens (including phenoxy) is 1. The Morgan fingerprint density at radius 3 is 2.52 bits per heavy atom. The summed E-state index contributed by atoms with van der Waals surface area (Å²) < 4.78 is 5.75. The summed E-state index contributed by atoms with van der Waals surface area (Å²) in [5.41, 5.74) is 2.85. The summed E-state index contributed by atoms with van der Waals surface area (Å²) >= 11 is 0. The first-order valence-corrected chi connectivity index (χ1v) is 13.0. The second-order valence-corrected chi connectivity index (χ2v) is 12.4. The van der Waals surface area contributed by atoms with Crippen LogP contribution in [0.2, 0.25) is 0 Å². The molecule has 0 unspecified atom stereocenters. The summed E-state index contributed by atoms with van der Waals surface area (Å²) in [7, 11) is 1.91. The number of hydrogen-bond donors (Lipinski definition) is 0. The lowest BCUT2D eigenvalue weighted by Gasteiger charge is -2.58. The zero-order chi connectivity index (χ0) is 20.8. The maximum absolute atomic E-state index is 5.75. The topological polar surface area (TPSA) is 9.23 Å². The molecule has 3 saturated carbocycles. The highest BCUT2D eigenvalue weighted by Crippen LogP contribution is 2.67. The maximum atomic E-state index is 5.75. The van der Waals surface area contributed by atoms with Crippen molar-refractivity contribution in [3.05, 3.63) is 11.6 Å². The lowest BCUT2D eigenvalue weighted by atomic mass is 9.47. The number of hydrogen-bond acceptors (Lipinski definition) is 1. The SMILES string of the molecule is CO[C@H]1CC[C@@]2(C)C(=CC[C@@H]3[C@H]4CC[C@@H]([C@@H](C)CCCC(C)C)[C@@]4(C)CC[C@H]32)C1. The maximum Gasteiger partial charge on any atom is 0.0608 e. The molecule has 3 fully saturated rings. The fourth-order valence-corrected chi connectivity index (χ4v) is 8.85. The van der Waals surface area contributed by atoms with Gasteiger partial charge in [0.25, 0.3) is 0 Å². The van der Waals surface area contributed by atoms with Crippen molar-refractivity contribution in [3.63, 3.8) is 0 Å². The quantitative estimate of drug-likeness (QED) is 0.410. The number of fused-ring (bicyclic) bond motifs is 5. The third-order valence-electron chi connectivity index (χ3n) is 10.6. The molecule has 0 saturated heterocycles. The Bertz CT molecular complexity index is 605. The zero-order valence-electron chi connectivity index (χ0n) is 20.3. The van der Waals surface area contributed by atoms with Gasteiger partial charge in [0.2, 0.25) is 0 Å². The molecular weight excluding hydrogens is 352 g/mol. The van der Waals surface area contributed by atoms with Crippen LogP contribution in [-0.4, -0.2) is 13.2 Å². The van der Waals surface area contributed by atoms with Gasteiger partial charge in [-0.3, -0.25) is 0 Å². The van der Waals surface area contributed by atoms with E-state index in [1.807, 2.05) is 7.11 Å². The Hall–Kier alpha value is -0.300. The van der Waals surface area contributed by atoms with E-state index in [4.69, 9.17) is 4.74 Å². The van der Waals surface area contributed by atoms with Crippen LogP contribution >= 0.6 is 0 Å². The minimum absolute atomic E-state index is 0.472. The van der Waals surface area contributed by atoms with Crippen LogP contribution in [0.4, 0.5) is 0 Å². The van der Waals surface area contributed by atoms with Gasteiger partial charge < -0.3 is 4.74 Å². The largest absolute Gasteiger partial charge is 0.381 e. The smallest absolute Gasteiger partial charge is 0.0608 e. The van der Waals surface area contributed by atoms with Crippen molar-refractivity contribution in [2.45, 2.75) is 111 Å². The van der Waals surface area contributed by atoms with Crippen molar-refractivity contribution in [1.82, 2.24) is 0 Å². The third-order valence-corrected chi connectivity index (χ3v) is 10.6. The molecular formula is C28H48O. The summed E-state index contributed by atoms with van der Waals surface area (Å²) in [5, 5.41) is 0. The van der Waals surface area contributed by atoms with Crippen LogP contribution in [0.3, 0.4) is 0 Å². The molecule has 4 aliphatic carbocycles. The summed E-state index contributed by atoms with van der Waals surface area (Å²) in [4.78, 5) is 0. The molecule has 1 nitrogen and oxygen atoms in total. The molecule has 166 valence electrons. The van der Waals surface area contributed by atoms with E-state index in [0.717, 1.165) is 35.5 Å². The van der Waals surface area contributed by atoms with E-state index >= 15 is 0 Å². The van der Waals surface area contributed by atoms with E-state index in [9.17, 15) is 0 Å². The van der Waals surface area contributed by atoms with Gasteiger partial charge in [0, 0.05) is 7.11 Å². The average Bonchev–Trinajstić information content (AvgIpc) is 3.04. The molecule has 0 aliphatic heterocycles. The Balaban J connectivity index is 1.48. The fraction of sp³-hybridized carbons (Fsp3) is 0.929. The summed E-state index contributed by atoms with van der Waals surface area (Å²) in [6, 6.07) is 0. The van der Waals surface area contributed by atoms with Gasteiger partial charge in [0.05, 0.1) is 6.10 Å². The zero-order valence-corrected chi connectivity index (χ0v) is 20.3. The molecule has 0 spiro atoms. The molecule has 0 heterocycles. The Morgan fingerprint density at radius 2 is 1.79 bits per heavy atom. The van der Waals surface area contributed by atoms with Crippen molar-refractivity contribution in [3.8, 4) is 0 Å². The van der Waals surface area contributed by atoms with E-state index < -0.39 is 0 Å². The number of allylic oxidation sites excluding steroid dienone is 1. The van der Waals surface area contributed by atoms with Crippen LogP contribution in [-0.2, 0) is 4.74 Å². The fourth-order valence-electron chi connectivity index (χ4n) is 8.85. The summed E-state index contributed by atoms with van der Waals surface area (Å²) in [6.45, 7) is 12.7. The van der Waals surface area contributed by atoms with Crippen LogP contribution in [0.15, 0.2) is 11.6 Å². The molecule has 0 radical (unpaired) electrons. The van der Waals surface area contributed by atoms with E-state index in [0.29, 0.717) is 16.9 Å². The second kappa shape index (κ2) is 8.33. The van der Waals surface area contributed by atoms with E-state index in [1.54, 1.807) is 5.57 Å². The van der Waals surface area contributed by atoms with Crippen LogP contribution in [0, 0.1) is 46.3 Å². The van der Waals surface area contributed by atoms with Crippen LogP contribution in [0.1, 0.15) is 105 Å². The molecule has 4 aliphatic rings. The van der Waals surface area contributed by atoms with E-state index in [1.165, 1.54) is 70.6 Å². The number of methoxy groups -OCH3 is 1. The molecule has 8 atom stereocenters. The van der Waals surface area contributed by atoms with Gasteiger partial charge in [0.1, 0.15) is 0 Å². The Morgan fingerprint density at radius 1 is 1.00 bits per heavy atom. The molecule has 0 bridgehead atoms. The second-order valence-electron chi connectivity index (χ2n) is 12.4. The van der Waals surface area contributed by atoms with Gasteiger partial charge in [-0.1, -0.05) is 65.5 Å². The summed E-state index contributed by atoms with van der Waals surface area (Å²) in [5.74, 6) is 5.63. The van der Waals surface area contributed by atoms with Crippen molar-refractivity contribution in [2.24, 2.45) is 46.3 Å². The molecule has 0 amide bonds. The average molecular weight is 401 g/mol. The van der Waals surface area contributed by atoms with E-state index in [2.05, 4.69) is 40.7 Å². The van der Waals surface area contributed by atoms with Gasteiger partial charge in [-0.05, 0) is 97.7 Å². The van der Waals surface area contributed by atoms with Crippen LogP contribution in [0.5, 0.6) is 0 Å². The van der Waals surface area contributed by atoms with Crippen molar-refractivity contribution in [2.75, 3.05) is 7.11 Å². The predicted molar refractivity (Wildman–Crippen MR) is 124 cm³/mol. The Kier molecular flexibility index (Phi) is 6.29. The predicted octanol–water partition coefficient (Wildman–Crippen LogP) is 8.04. The van der Waals surface area contributed by atoms with Crippen LogP contribution in [0.25, 0.3) is 0 Å². The van der Waals surface area contributed by atoms with Crippen LogP contribution < -0.4 is 0 Å². The van der Waals surface area contributed by atoms with E-state index in [-0.39, 0.29) is 0 Å². The molecule has 0 aromatic carbocycles. The van der Waals surface area contributed by atoms with Crippen molar-refractivity contribution in [1.29, 1.82) is 0 Å².